The Balaban J connectivity index is 1.98. The summed E-state index contributed by atoms with van der Waals surface area (Å²) in [5.41, 5.74) is 4.32. The molecule has 0 fully saturated rings. The number of hydrogen-bond donors (Lipinski definition) is 0. The van der Waals surface area contributed by atoms with Crippen LogP contribution in [0.1, 0.15) is 70.9 Å². The molecule has 0 amide bonds. The van der Waals surface area contributed by atoms with Crippen LogP contribution in [0.2, 0.25) is 0 Å². The molecule has 0 saturated heterocycles. The molecule has 3 rings (SSSR count). The van der Waals surface area contributed by atoms with Gasteiger partial charge in [0.25, 0.3) is 0 Å². The number of nitrogens with zero attached hydrogens (tertiary/aromatic N) is 2. The molecule has 0 radical (unpaired) electrons. The molecule has 2 heterocycles. The molecule has 4 heteroatoms. The van der Waals surface area contributed by atoms with Gasteiger partial charge in [-0.1, -0.05) is 68.6 Å². The maximum Gasteiger partial charge on any atom is 0.130 e. The van der Waals surface area contributed by atoms with E-state index in [0.29, 0.717) is 6.67 Å². The van der Waals surface area contributed by atoms with Crippen molar-refractivity contribution >= 4 is 23.5 Å². The molecule has 0 saturated carbocycles. The molecule has 0 aromatic heterocycles. The standard InChI is InChI=1S/C20H28N2S2/c1-5-7-8-9-10-11-15-17-16(21-12-22-17)14(6-2)18-19(15)24-20(23-18)13(3)4/h5-12H2,1-4H3. The van der Waals surface area contributed by atoms with Gasteiger partial charge in [0.2, 0.25) is 0 Å². The second kappa shape index (κ2) is 8.09. The SMILES string of the molecule is CCCCCCCc1c2c(c(CC)c3c1=NCN=3)SC(=C(C)C)S2. The van der Waals surface area contributed by atoms with Gasteiger partial charge in [-0.2, -0.15) is 0 Å². The van der Waals surface area contributed by atoms with E-state index in [9.17, 15) is 0 Å². The molecule has 2 nitrogen and oxygen atoms in total. The van der Waals surface area contributed by atoms with E-state index in [0.717, 1.165) is 12.8 Å². The van der Waals surface area contributed by atoms with Gasteiger partial charge in [-0.05, 0) is 44.2 Å². The van der Waals surface area contributed by atoms with Crippen LogP contribution in [0.5, 0.6) is 0 Å². The lowest BCUT2D eigenvalue weighted by Crippen LogP contribution is -2.31. The fraction of sp³-hybridized carbons (Fsp3) is 0.600. The van der Waals surface area contributed by atoms with Crippen molar-refractivity contribution in [2.24, 2.45) is 9.98 Å². The van der Waals surface area contributed by atoms with Crippen molar-refractivity contribution in [2.45, 2.75) is 82.4 Å². The molecule has 130 valence electrons. The zero-order chi connectivity index (χ0) is 17.1. The molecule has 0 bridgehead atoms. The molecule has 1 aromatic rings. The Morgan fingerprint density at radius 1 is 0.875 bits per heavy atom. The fourth-order valence-corrected chi connectivity index (χ4v) is 6.20. The lowest BCUT2D eigenvalue weighted by molar-refractivity contribution is 0.627. The van der Waals surface area contributed by atoms with E-state index in [1.54, 1.807) is 0 Å². The van der Waals surface area contributed by atoms with Crippen LogP contribution in [0.25, 0.3) is 0 Å². The zero-order valence-corrected chi connectivity index (χ0v) is 17.0. The van der Waals surface area contributed by atoms with Crippen molar-refractivity contribution in [1.29, 1.82) is 0 Å². The Labute approximate surface area is 154 Å². The Morgan fingerprint density at radius 3 is 2.12 bits per heavy atom. The molecule has 2 aliphatic rings. The third-order valence-electron chi connectivity index (χ3n) is 4.69. The van der Waals surface area contributed by atoms with Gasteiger partial charge in [0.05, 0.1) is 10.7 Å². The monoisotopic (exact) mass is 360 g/mol. The molecular weight excluding hydrogens is 332 g/mol. The van der Waals surface area contributed by atoms with Crippen LogP contribution in [0, 0.1) is 0 Å². The van der Waals surface area contributed by atoms with E-state index < -0.39 is 0 Å². The van der Waals surface area contributed by atoms with Gasteiger partial charge in [0.15, 0.2) is 0 Å². The number of hydrogen-bond acceptors (Lipinski definition) is 4. The summed E-state index contributed by atoms with van der Waals surface area (Å²) >= 11 is 3.94. The molecule has 1 aromatic carbocycles. The van der Waals surface area contributed by atoms with Crippen molar-refractivity contribution < 1.29 is 0 Å². The highest BCUT2D eigenvalue weighted by molar-refractivity contribution is 8.24. The van der Waals surface area contributed by atoms with E-state index in [2.05, 4.69) is 27.7 Å². The molecule has 24 heavy (non-hydrogen) atoms. The molecular formula is C20H28N2S2. The molecule has 0 unspecified atom stereocenters. The van der Waals surface area contributed by atoms with E-state index >= 15 is 0 Å². The summed E-state index contributed by atoms with van der Waals surface area (Å²) in [4.78, 5) is 12.5. The third kappa shape index (κ3) is 3.45. The summed E-state index contributed by atoms with van der Waals surface area (Å²) in [7, 11) is 0. The minimum Gasteiger partial charge on any atom is -0.259 e. The third-order valence-corrected chi connectivity index (χ3v) is 7.82. The van der Waals surface area contributed by atoms with Crippen LogP contribution in [-0.2, 0) is 12.8 Å². The second-order valence-electron chi connectivity index (χ2n) is 6.78. The predicted octanol–water partition coefficient (Wildman–Crippen LogP) is 5.42. The summed E-state index contributed by atoms with van der Waals surface area (Å²) in [5, 5.41) is 2.41. The van der Waals surface area contributed by atoms with Gasteiger partial charge in [-0.15, -0.1) is 0 Å². The number of unbranched alkanes of at least 4 members (excludes halogenated alkanes) is 4. The Bertz CT molecular complexity index is 774. The molecule has 0 atom stereocenters. The first-order chi connectivity index (χ1) is 11.7. The Kier molecular flexibility index (Phi) is 6.09. The van der Waals surface area contributed by atoms with E-state index in [1.807, 2.05) is 23.5 Å². The van der Waals surface area contributed by atoms with Gasteiger partial charge in [0.1, 0.15) is 6.67 Å². The number of rotatable bonds is 7. The summed E-state index contributed by atoms with van der Waals surface area (Å²) in [6, 6.07) is 0. The largest absolute Gasteiger partial charge is 0.259 e. The average Bonchev–Trinajstić information content (AvgIpc) is 3.20. The van der Waals surface area contributed by atoms with E-state index in [-0.39, 0.29) is 0 Å². The molecule has 0 spiro atoms. The molecule has 2 aliphatic heterocycles. The minimum atomic E-state index is 0.624. The van der Waals surface area contributed by atoms with Crippen molar-refractivity contribution in [3.05, 3.63) is 31.7 Å². The lowest BCUT2D eigenvalue weighted by atomic mass is 10.0. The van der Waals surface area contributed by atoms with E-state index in [1.165, 1.54) is 73.5 Å². The van der Waals surface area contributed by atoms with E-state index in [4.69, 9.17) is 9.98 Å². The maximum atomic E-state index is 4.76. The maximum absolute atomic E-state index is 4.76. The predicted molar refractivity (Wildman–Crippen MR) is 106 cm³/mol. The topological polar surface area (TPSA) is 24.7 Å². The number of allylic oxidation sites excluding steroid dienone is 1. The Morgan fingerprint density at radius 2 is 1.50 bits per heavy atom. The quantitative estimate of drug-likeness (QED) is 0.606. The van der Waals surface area contributed by atoms with Crippen LogP contribution in [-0.4, -0.2) is 6.67 Å². The summed E-state index contributed by atoms with van der Waals surface area (Å²) in [6.45, 7) is 9.59. The highest BCUT2D eigenvalue weighted by Gasteiger charge is 2.27. The highest BCUT2D eigenvalue weighted by Crippen LogP contribution is 2.54. The molecule has 0 N–H and O–H groups in total. The summed E-state index contributed by atoms with van der Waals surface area (Å²) in [5.74, 6) is 0. The van der Waals surface area contributed by atoms with Crippen molar-refractivity contribution in [1.82, 2.24) is 0 Å². The summed E-state index contributed by atoms with van der Waals surface area (Å²) in [6.07, 6.45) is 8.83. The van der Waals surface area contributed by atoms with Crippen LogP contribution in [0.4, 0.5) is 0 Å². The van der Waals surface area contributed by atoms with Crippen LogP contribution < -0.4 is 10.7 Å². The zero-order valence-electron chi connectivity index (χ0n) is 15.4. The van der Waals surface area contributed by atoms with Gasteiger partial charge in [0, 0.05) is 14.0 Å². The van der Waals surface area contributed by atoms with Crippen LogP contribution in [0.15, 0.2) is 29.6 Å². The Hall–Kier alpha value is -0.740. The smallest absolute Gasteiger partial charge is 0.130 e. The van der Waals surface area contributed by atoms with Crippen LogP contribution >= 0.6 is 23.5 Å². The molecule has 0 aliphatic carbocycles. The summed E-state index contributed by atoms with van der Waals surface area (Å²) < 4.78 is 1.45. The normalized spacial score (nSPS) is 15.1. The van der Waals surface area contributed by atoms with Gasteiger partial charge in [-0.3, -0.25) is 9.98 Å². The first-order valence-corrected chi connectivity index (χ1v) is 10.9. The lowest BCUT2D eigenvalue weighted by Gasteiger charge is -2.11. The highest BCUT2D eigenvalue weighted by atomic mass is 32.2. The van der Waals surface area contributed by atoms with Crippen molar-refractivity contribution in [3.63, 3.8) is 0 Å². The van der Waals surface area contributed by atoms with Crippen molar-refractivity contribution in [3.8, 4) is 0 Å². The minimum absolute atomic E-state index is 0.624. The number of fused-ring (bicyclic) bond motifs is 2. The van der Waals surface area contributed by atoms with Gasteiger partial charge in [-0.25, -0.2) is 0 Å². The average molecular weight is 361 g/mol. The van der Waals surface area contributed by atoms with Gasteiger partial charge < -0.3 is 0 Å². The number of benzene rings is 1. The second-order valence-corrected chi connectivity index (χ2v) is 9.08. The first-order valence-electron chi connectivity index (χ1n) is 9.27. The van der Waals surface area contributed by atoms with Gasteiger partial charge >= 0.3 is 0 Å². The fourth-order valence-electron chi connectivity index (χ4n) is 3.38. The first kappa shape index (κ1) is 18.1. The number of thioether (sulfide) groups is 2. The van der Waals surface area contributed by atoms with Crippen LogP contribution in [0.3, 0.4) is 0 Å². The van der Waals surface area contributed by atoms with Crippen molar-refractivity contribution in [2.75, 3.05) is 6.67 Å².